The summed E-state index contributed by atoms with van der Waals surface area (Å²) in [5.41, 5.74) is 0.556. The van der Waals surface area contributed by atoms with Crippen LogP contribution in [0.4, 0.5) is 4.79 Å². The Labute approximate surface area is 149 Å². The summed E-state index contributed by atoms with van der Waals surface area (Å²) < 4.78 is 5.05. The van der Waals surface area contributed by atoms with Crippen molar-refractivity contribution in [3.05, 3.63) is 48.0 Å². The van der Waals surface area contributed by atoms with E-state index >= 15 is 0 Å². The lowest BCUT2D eigenvalue weighted by molar-refractivity contribution is -0.139. The Morgan fingerprint density at radius 1 is 1.28 bits per heavy atom. The number of carbonyl (C=O) groups excluding carboxylic acids is 1. The van der Waals surface area contributed by atoms with Crippen molar-refractivity contribution >= 4 is 12.1 Å². The Bertz CT molecular complexity index is 648. The largest absolute Gasteiger partial charge is 0.480 e. The van der Waals surface area contributed by atoms with Gasteiger partial charge in [-0.05, 0) is 45.3 Å². The number of hydrogen-bond acceptors (Lipinski definition) is 3. The number of rotatable bonds is 6. The van der Waals surface area contributed by atoms with Gasteiger partial charge >= 0.3 is 12.1 Å². The van der Waals surface area contributed by atoms with Gasteiger partial charge in [-0.2, -0.15) is 0 Å². The molecule has 0 aliphatic carbocycles. The summed E-state index contributed by atoms with van der Waals surface area (Å²) in [5.74, 6) is 4.77. The maximum absolute atomic E-state index is 11.6. The predicted molar refractivity (Wildman–Crippen MR) is 97.1 cm³/mol. The highest BCUT2D eigenvalue weighted by Crippen LogP contribution is 2.07. The molecule has 1 atom stereocenters. The average molecular weight is 343 g/mol. The van der Waals surface area contributed by atoms with Crippen LogP contribution in [-0.2, 0) is 16.0 Å². The van der Waals surface area contributed by atoms with Crippen LogP contribution in [0, 0.1) is 11.8 Å². The Morgan fingerprint density at radius 3 is 2.56 bits per heavy atom. The van der Waals surface area contributed by atoms with E-state index in [9.17, 15) is 9.59 Å². The van der Waals surface area contributed by atoms with E-state index in [-0.39, 0.29) is 6.42 Å². The molecule has 25 heavy (non-hydrogen) atoms. The minimum Gasteiger partial charge on any atom is -0.480 e. The van der Waals surface area contributed by atoms with Crippen LogP contribution in [0.1, 0.15) is 39.2 Å². The molecule has 1 rings (SSSR count). The van der Waals surface area contributed by atoms with Crippen molar-refractivity contribution in [2.75, 3.05) is 0 Å². The van der Waals surface area contributed by atoms with Gasteiger partial charge in [0.1, 0.15) is 11.6 Å². The fourth-order valence-electron chi connectivity index (χ4n) is 1.92. The number of aryl methyl sites for hydroxylation is 1. The second kappa shape index (κ2) is 10.2. The second-order valence-corrected chi connectivity index (χ2v) is 6.48. The van der Waals surface area contributed by atoms with Crippen molar-refractivity contribution in [3.8, 4) is 11.8 Å². The normalized spacial score (nSPS) is 12.1. The summed E-state index contributed by atoms with van der Waals surface area (Å²) in [4.78, 5) is 22.8. The third-order valence-corrected chi connectivity index (χ3v) is 3.05. The van der Waals surface area contributed by atoms with Crippen molar-refractivity contribution in [1.29, 1.82) is 0 Å². The molecule has 0 aromatic heterocycles. The van der Waals surface area contributed by atoms with E-state index in [1.807, 2.05) is 18.2 Å². The molecule has 5 heteroatoms. The zero-order valence-corrected chi connectivity index (χ0v) is 14.9. The third kappa shape index (κ3) is 9.87. The third-order valence-electron chi connectivity index (χ3n) is 3.05. The number of hydrogen-bond donors (Lipinski definition) is 2. The van der Waals surface area contributed by atoms with E-state index in [0.29, 0.717) is 0 Å². The van der Waals surface area contributed by atoms with E-state index < -0.39 is 23.7 Å². The van der Waals surface area contributed by atoms with Crippen LogP contribution in [0.2, 0.25) is 0 Å². The van der Waals surface area contributed by atoms with Crippen LogP contribution in [-0.4, -0.2) is 28.8 Å². The predicted octanol–water partition coefficient (Wildman–Crippen LogP) is 3.55. The molecule has 5 nitrogen and oxygen atoms in total. The van der Waals surface area contributed by atoms with Crippen LogP contribution in [0.15, 0.2) is 42.5 Å². The van der Waals surface area contributed by atoms with Gasteiger partial charge in [-0.1, -0.05) is 48.2 Å². The summed E-state index contributed by atoms with van der Waals surface area (Å²) in [5, 5.41) is 11.5. The van der Waals surface area contributed by atoms with Gasteiger partial charge in [0.2, 0.25) is 0 Å². The molecule has 2 N–H and O–H groups in total. The summed E-state index contributed by atoms with van der Waals surface area (Å²) in [7, 11) is 0. The monoisotopic (exact) mass is 343 g/mol. The van der Waals surface area contributed by atoms with E-state index in [4.69, 9.17) is 9.84 Å². The summed E-state index contributed by atoms with van der Waals surface area (Å²) in [6.45, 7) is 5.15. The SMILES string of the molecule is CC(C)(C)OC(=O)N[C@@H](C/C=C/C#CCCc1ccccc1)C(=O)O. The highest BCUT2D eigenvalue weighted by Gasteiger charge is 2.22. The molecule has 0 radical (unpaired) electrons. The first-order valence-electron chi connectivity index (χ1n) is 8.17. The lowest BCUT2D eigenvalue weighted by Gasteiger charge is -2.21. The molecule has 0 heterocycles. The molecule has 0 spiro atoms. The zero-order valence-electron chi connectivity index (χ0n) is 14.9. The summed E-state index contributed by atoms with van der Waals surface area (Å²) in [6.07, 6.45) is 4.24. The van der Waals surface area contributed by atoms with Crippen LogP contribution >= 0.6 is 0 Å². The van der Waals surface area contributed by atoms with Crippen LogP contribution in [0.5, 0.6) is 0 Å². The number of allylic oxidation sites excluding steroid dienone is 1. The topological polar surface area (TPSA) is 75.6 Å². The van der Waals surface area contributed by atoms with Gasteiger partial charge in [0.15, 0.2) is 0 Å². The Balaban J connectivity index is 2.39. The zero-order chi connectivity index (χ0) is 18.7. The fourth-order valence-corrected chi connectivity index (χ4v) is 1.92. The molecule has 0 saturated carbocycles. The minimum atomic E-state index is -1.12. The Kier molecular flexibility index (Phi) is 8.28. The van der Waals surface area contributed by atoms with Gasteiger partial charge in [0.05, 0.1) is 0 Å². The highest BCUT2D eigenvalue weighted by atomic mass is 16.6. The Morgan fingerprint density at radius 2 is 1.96 bits per heavy atom. The summed E-state index contributed by atoms with van der Waals surface area (Å²) in [6, 6.07) is 9.02. The van der Waals surface area contributed by atoms with Crippen LogP contribution in [0.25, 0.3) is 0 Å². The van der Waals surface area contributed by atoms with Crippen LogP contribution in [0.3, 0.4) is 0 Å². The van der Waals surface area contributed by atoms with Gasteiger partial charge in [-0.25, -0.2) is 9.59 Å². The lowest BCUT2D eigenvalue weighted by atomic mass is 10.1. The molecular formula is C20H25NO4. The molecule has 1 aromatic carbocycles. The minimum absolute atomic E-state index is 0.141. The first-order valence-corrected chi connectivity index (χ1v) is 8.17. The number of amides is 1. The molecule has 1 aromatic rings. The molecule has 0 bridgehead atoms. The summed E-state index contributed by atoms with van der Waals surface area (Å²) >= 11 is 0. The second-order valence-electron chi connectivity index (χ2n) is 6.48. The number of ether oxygens (including phenoxy) is 1. The number of carbonyl (C=O) groups is 2. The molecular weight excluding hydrogens is 318 g/mol. The van der Waals surface area contributed by atoms with Gasteiger partial charge < -0.3 is 15.2 Å². The number of alkyl carbamates (subject to hydrolysis) is 1. The lowest BCUT2D eigenvalue weighted by Crippen LogP contribution is -2.43. The highest BCUT2D eigenvalue weighted by molar-refractivity contribution is 5.80. The number of carboxylic acid groups (broad SMARTS) is 1. The fraction of sp³-hybridized carbons (Fsp3) is 0.400. The van der Waals surface area contributed by atoms with Gasteiger partial charge in [0.25, 0.3) is 0 Å². The molecule has 134 valence electrons. The number of nitrogens with one attached hydrogen (secondary N) is 1. The van der Waals surface area contributed by atoms with E-state index in [1.54, 1.807) is 32.9 Å². The number of carboxylic acids is 1. The van der Waals surface area contributed by atoms with Crippen molar-refractivity contribution in [3.63, 3.8) is 0 Å². The maximum Gasteiger partial charge on any atom is 0.408 e. The van der Waals surface area contributed by atoms with Gasteiger partial charge in [-0.15, -0.1) is 0 Å². The smallest absolute Gasteiger partial charge is 0.408 e. The average Bonchev–Trinajstić information content (AvgIpc) is 2.52. The van der Waals surface area contributed by atoms with Crippen molar-refractivity contribution in [2.45, 2.75) is 51.7 Å². The first-order chi connectivity index (χ1) is 11.8. The van der Waals surface area contributed by atoms with Crippen molar-refractivity contribution < 1.29 is 19.4 Å². The molecule has 0 fully saturated rings. The molecule has 0 unspecified atom stereocenters. The van der Waals surface area contributed by atoms with Crippen LogP contribution < -0.4 is 5.32 Å². The van der Waals surface area contributed by atoms with Gasteiger partial charge in [-0.3, -0.25) is 0 Å². The van der Waals surface area contributed by atoms with Crippen molar-refractivity contribution in [2.24, 2.45) is 0 Å². The molecule has 1 amide bonds. The first kappa shape index (κ1) is 20.3. The Hall–Kier alpha value is -2.74. The van der Waals surface area contributed by atoms with E-state index in [1.165, 1.54) is 5.56 Å². The molecule has 0 aliphatic rings. The van der Waals surface area contributed by atoms with Gasteiger partial charge in [0, 0.05) is 6.42 Å². The van der Waals surface area contributed by atoms with Crippen molar-refractivity contribution in [1.82, 2.24) is 5.32 Å². The number of aliphatic carboxylic acids is 1. The molecule has 0 saturated heterocycles. The van der Waals surface area contributed by atoms with E-state index in [2.05, 4.69) is 29.3 Å². The number of benzene rings is 1. The standard InChI is InChI=1S/C20H25NO4/c1-20(2,3)25-19(24)21-17(18(22)23)15-11-6-4-5-8-12-16-13-9-7-10-14-16/h6-7,9-11,13-14,17H,8,12,15H2,1-3H3,(H,21,24)(H,22,23)/b11-6+/t17-/m0/s1. The molecule has 0 aliphatic heterocycles. The van der Waals surface area contributed by atoms with E-state index in [0.717, 1.165) is 12.8 Å². The maximum atomic E-state index is 11.6. The quantitative estimate of drug-likeness (QED) is 0.775.